The summed E-state index contributed by atoms with van der Waals surface area (Å²) in [7, 11) is 0. The van der Waals surface area contributed by atoms with Crippen LogP contribution in [0.2, 0.25) is 0 Å². The van der Waals surface area contributed by atoms with Gasteiger partial charge >= 0.3 is 0 Å². The minimum absolute atomic E-state index is 0.206. The van der Waals surface area contributed by atoms with Crippen molar-refractivity contribution in [3.8, 4) is 0 Å². The second kappa shape index (κ2) is 6.19. The highest BCUT2D eigenvalue weighted by atomic mass is 19.3. The zero-order valence-electron chi connectivity index (χ0n) is 12.1. The van der Waals surface area contributed by atoms with Gasteiger partial charge in [-0.2, -0.15) is 0 Å². The van der Waals surface area contributed by atoms with Gasteiger partial charge in [-0.05, 0) is 5.92 Å². The van der Waals surface area contributed by atoms with Gasteiger partial charge in [0, 0.05) is 38.3 Å². The molecule has 0 aromatic carbocycles. The molecule has 0 saturated carbocycles. The first-order valence-corrected chi connectivity index (χ1v) is 7.32. The molecule has 1 aromatic heterocycles. The Morgan fingerprint density at radius 3 is 2.71 bits per heavy atom. The highest BCUT2D eigenvalue weighted by Gasteiger charge is 2.35. The first-order valence-electron chi connectivity index (χ1n) is 7.32. The molecule has 116 valence electrons. The number of hydrogen-bond acceptors (Lipinski definition) is 5. The smallest absolute Gasteiger partial charge is 0.280 e. The van der Waals surface area contributed by atoms with Crippen molar-refractivity contribution in [3.05, 3.63) is 18.1 Å². The zero-order valence-corrected chi connectivity index (χ0v) is 12.1. The van der Waals surface area contributed by atoms with Gasteiger partial charge in [-0.3, -0.25) is 4.90 Å². The van der Waals surface area contributed by atoms with Crippen molar-refractivity contribution >= 4 is 5.82 Å². The van der Waals surface area contributed by atoms with Gasteiger partial charge in [0.15, 0.2) is 0 Å². The Morgan fingerprint density at radius 2 is 2.00 bits per heavy atom. The lowest BCUT2D eigenvalue weighted by molar-refractivity contribution is 0.0134. The number of rotatable bonds is 3. The Labute approximate surface area is 122 Å². The Kier molecular flexibility index (Phi) is 4.30. The number of halogens is 2. The molecule has 2 aliphatic rings. The van der Waals surface area contributed by atoms with Gasteiger partial charge in [0.05, 0.1) is 13.2 Å². The van der Waals surface area contributed by atoms with Crippen molar-refractivity contribution < 1.29 is 13.5 Å². The summed E-state index contributed by atoms with van der Waals surface area (Å²) in [5.41, 5.74) is -0.206. The van der Waals surface area contributed by atoms with Crippen LogP contribution in [0, 0.1) is 5.92 Å². The molecule has 3 rings (SSSR count). The molecule has 2 unspecified atom stereocenters. The van der Waals surface area contributed by atoms with Crippen LogP contribution in [0.25, 0.3) is 0 Å². The molecule has 2 aliphatic heterocycles. The molecule has 0 amide bonds. The fraction of sp³-hybridized carbons (Fsp3) is 0.714. The summed E-state index contributed by atoms with van der Waals surface area (Å²) in [6.45, 7) is 7.28. The molecule has 2 fully saturated rings. The van der Waals surface area contributed by atoms with Crippen molar-refractivity contribution in [2.24, 2.45) is 5.92 Å². The largest absolute Gasteiger partial charge is 0.379 e. The van der Waals surface area contributed by atoms with E-state index in [4.69, 9.17) is 4.74 Å². The van der Waals surface area contributed by atoms with E-state index in [2.05, 4.69) is 26.7 Å². The SMILES string of the molecule is CC1CN(c2cc(C(F)F)ncn2)CC1N1CCOCC1. The first kappa shape index (κ1) is 14.6. The summed E-state index contributed by atoms with van der Waals surface area (Å²) >= 11 is 0. The average Bonchev–Trinajstić information content (AvgIpc) is 2.90. The number of hydrogen-bond donors (Lipinski definition) is 0. The Hall–Kier alpha value is -1.34. The predicted molar refractivity (Wildman–Crippen MR) is 74.5 cm³/mol. The van der Waals surface area contributed by atoms with Crippen LogP contribution in [0.5, 0.6) is 0 Å². The predicted octanol–water partition coefficient (Wildman–Crippen LogP) is 1.57. The number of alkyl halides is 2. The van der Waals surface area contributed by atoms with E-state index in [1.165, 1.54) is 12.4 Å². The number of aromatic nitrogens is 2. The van der Waals surface area contributed by atoms with Gasteiger partial charge < -0.3 is 9.64 Å². The van der Waals surface area contributed by atoms with E-state index in [0.29, 0.717) is 17.8 Å². The molecule has 5 nitrogen and oxygen atoms in total. The molecule has 0 aliphatic carbocycles. The van der Waals surface area contributed by atoms with E-state index in [9.17, 15) is 8.78 Å². The normalized spacial score (nSPS) is 27.5. The van der Waals surface area contributed by atoms with Crippen LogP contribution in [0.1, 0.15) is 19.0 Å². The minimum Gasteiger partial charge on any atom is -0.379 e. The van der Waals surface area contributed by atoms with E-state index in [1.54, 1.807) is 0 Å². The molecule has 0 bridgehead atoms. The Bertz CT molecular complexity index is 482. The standard InChI is InChI=1S/C14H20F2N4O/c1-10-7-20(8-12(10)19-2-4-21-5-3-19)13-6-11(14(15)16)17-9-18-13/h6,9-10,12,14H,2-5,7-8H2,1H3. The third-order valence-corrected chi connectivity index (χ3v) is 4.31. The van der Waals surface area contributed by atoms with Gasteiger partial charge in [0.25, 0.3) is 6.43 Å². The van der Waals surface area contributed by atoms with Crippen molar-refractivity contribution in [1.82, 2.24) is 14.9 Å². The van der Waals surface area contributed by atoms with Crippen molar-refractivity contribution in [3.63, 3.8) is 0 Å². The van der Waals surface area contributed by atoms with Gasteiger partial charge in [-0.1, -0.05) is 6.92 Å². The van der Waals surface area contributed by atoms with E-state index in [0.717, 1.165) is 39.4 Å². The van der Waals surface area contributed by atoms with Gasteiger partial charge in [0.1, 0.15) is 17.8 Å². The summed E-state index contributed by atoms with van der Waals surface area (Å²) in [5.74, 6) is 1.08. The maximum atomic E-state index is 12.7. The second-order valence-corrected chi connectivity index (χ2v) is 5.70. The van der Waals surface area contributed by atoms with Crippen molar-refractivity contribution in [1.29, 1.82) is 0 Å². The van der Waals surface area contributed by atoms with Crippen LogP contribution in [-0.2, 0) is 4.74 Å². The van der Waals surface area contributed by atoms with Gasteiger partial charge in [0.2, 0.25) is 0 Å². The molecule has 2 saturated heterocycles. The maximum Gasteiger partial charge on any atom is 0.280 e. The molecule has 7 heteroatoms. The summed E-state index contributed by atoms with van der Waals surface area (Å²) in [6, 6.07) is 1.83. The first-order chi connectivity index (χ1) is 10.1. The summed E-state index contributed by atoms with van der Waals surface area (Å²) in [4.78, 5) is 12.3. The minimum atomic E-state index is -2.55. The molecular weight excluding hydrogens is 278 g/mol. The molecule has 21 heavy (non-hydrogen) atoms. The molecule has 2 atom stereocenters. The number of ether oxygens (including phenoxy) is 1. The van der Waals surface area contributed by atoms with Crippen LogP contribution < -0.4 is 4.90 Å². The Morgan fingerprint density at radius 1 is 1.24 bits per heavy atom. The lowest BCUT2D eigenvalue weighted by Gasteiger charge is -2.34. The highest BCUT2D eigenvalue weighted by molar-refractivity contribution is 5.41. The van der Waals surface area contributed by atoms with Crippen LogP contribution in [0.3, 0.4) is 0 Å². The summed E-state index contributed by atoms with van der Waals surface area (Å²) in [6.07, 6.45) is -1.33. The van der Waals surface area contributed by atoms with Crippen LogP contribution in [0.15, 0.2) is 12.4 Å². The van der Waals surface area contributed by atoms with Crippen LogP contribution in [-0.4, -0.2) is 60.3 Å². The number of anilines is 1. The topological polar surface area (TPSA) is 41.5 Å². The van der Waals surface area contributed by atoms with Gasteiger partial charge in [-0.15, -0.1) is 0 Å². The average molecular weight is 298 g/mol. The molecule has 0 radical (unpaired) electrons. The van der Waals surface area contributed by atoms with Crippen LogP contribution in [0.4, 0.5) is 14.6 Å². The van der Waals surface area contributed by atoms with Crippen LogP contribution >= 0.6 is 0 Å². The van der Waals surface area contributed by atoms with E-state index >= 15 is 0 Å². The monoisotopic (exact) mass is 298 g/mol. The maximum absolute atomic E-state index is 12.7. The molecule has 0 N–H and O–H groups in total. The summed E-state index contributed by atoms with van der Waals surface area (Å²) < 4.78 is 30.9. The van der Waals surface area contributed by atoms with Crippen molar-refractivity contribution in [2.45, 2.75) is 19.4 Å². The molecular formula is C14H20F2N4O. The lowest BCUT2D eigenvalue weighted by atomic mass is 10.0. The summed E-state index contributed by atoms with van der Waals surface area (Å²) in [5, 5.41) is 0. The van der Waals surface area contributed by atoms with Crippen molar-refractivity contribution in [2.75, 3.05) is 44.3 Å². The Balaban J connectivity index is 1.71. The van der Waals surface area contributed by atoms with E-state index in [-0.39, 0.29) is 5.69 Å². The molecule has 0 spiro atoms. The zero-order chi connectivity index (χ0) is 14.8. The van der Waals surface area contributed by atoms with E-state index < -0.39 is 6.43 Å². The molecule has 1 aromatic rings. The number of morpholine rings is 1. The van der Waals surface area contributed by atoms with Gasteiger partial charge in [-0.25, -0.2) is 18.7 Å². The lowest BCUT2D eigenvalue weighted by Crippen LogP contribution is -2.46. The quantitative estimate of drug-likeness (QED) is 0.847. The highest BCUT2D eigenvalue weighted by Crippen LogP contribution is 2.28. The fourth-order valence-electron chi connectivity index (χ4n) is 3.17. The molecule has 3 heterocycles. The fourth-order valence-corrected chi connectivity index (χ4v) is 3.17. The third-order valence-electron chi connectivity index (χ3n) is 4.31. The number of nitrogens with zero attached hydrogens (tertiary/aromatic N) is 4. The second-order valence-electron chi connectivity index (χ2n) is 5.70. The van der Waals surface area contributed by atoms with E-state index in [1.807, 2.05) is 0 Å². The third kappa shape index (κ3) is 3.13.